The lowest BCUT2D eigenvalue weighted by Gasteiger charge is -2.51. The van der Waals surface area contributed by atoms with Gasteiger partial charge in [-0.15, -0.1) is 0 Å². The molecule has 1 unspecified atom stereocenters. The number of nitrogens with one attached hydrogen (secondary N) is 6. The lowest BCUT2D eigenvalue weighted by Crippen LogP contribution is -2.71. The van der Waals surface area contributed by atoms with E-state index in [1.807, 2.05) is 0 Å². The number of aliphatic hydroxyl groups excluding tert-OH is 26. The highest BCUT2D eigenvalue weighted by atomic mass is 16.8. The number of carbonyl (C=O) groups excluding carboxylic acids is 6. The first kappa shape index (κ1) is 113. The Morgan fingerprint density at radius 3 is 0.941 bits per heavy atom. The molecule has 9 saturated heterocycles. The molecule has 0 aromatic heterocycles. The van der Waals surface area contributed by atoms with Crippen LogP contribution in [0.25, 0.3) is 0 Å². The molecule has 61 heteroatoms. The van der Waals surface area contributed by atoms with E-state index in [2.05, 4.69) is 31.9 Å². The highest BCUT2D eigenvalue weighted by Gasteiger charge is 2.66. The Bertz CT molecular complexity index is 3960. The molecule has 61 nitrogen and oxygen atoms in total. The third-order valence-electron chi connectivity index (χ3n) is 24.1. The fourth-order valence-electron chi connectivity index (χ4n) is 17.3. The van der Waals surface area contributed by atoms with Crippen molar-refractivity contribution in [2.75, 3.05) is 59.5 Å². The van der Waals surface area contributed by atoms with E-state index >= 15 is 0 Å². The summed E-state index contributed by atoms with van der Waals surface area (Å²) in [4.78, 5) is 117. The van der Waals surface area contributed by atoms with Gasteiger partial charge in [-0.1, -0.05) is 0 Å². The van der Waals surface area contributed by atoms with Crippen molar-refractivity contribution in [3.8, 4) is 0 Å². The van der Waals surface area contributed by atoms with Gasteiger partial charge in [0.25, 0.3) is 17.4 Å². The number of carboxylic acid groups (broad SMARTS) is 3. The summed E-state index contributed by atoms with van der Waals surface area (Å²) in [6, 6.07) is -11.7. The van der Waals surface area contributed by atoms with E-state index < -0.39 is 425 Å². The molecule has 9 aliphatic heterocycles. The molecule has 782 valence electrons. The molecule has 35 N–H and O–H groups in total. The lowest BCUT2D eigenvalue weighted by atomic mass is 9.88. The summed E-state index contributed by atoms with van der Waals surface area (Å²) in [6.07, 6.45) is -94.1. The molecule has 9 heterocycles. The molecule has 9 rings (SSSR count). The Kier molecular flexibility index (Phi) is 40.0. The first-order chi connectivity index (χ1) is 63.8. The van der Waals surface area contributed by atoms with Crippen molar-refractivity contribution in [1.82, 2.24) is 31.9 Å². The normalized spacial score (nSPS) is 43.6. The maximum atomic E-state index is 13.6. The van der Waals surface area contributed by atoms with E-state index in [0.29, 0.717) is 0 Å². The number of amides is 6. The summed E-state index contributed by atoms with van der Waals surface area (Å²) in [5, 5.41) is 338. The molecule has 0 aromatic carbocycles. The SMILES string of the molecule is CC(=O)N[C@H]1[C@H](OC[C@H]2OC(O)[C@H](NC(C)=O)[C@@H](O[C@@H]3O[C@H](CO[C@]4(C(=O)O)C[C@H](O)[C@@H](NC(C)=O)[C@H]([C@H](O)[C@H](O)CO)O4)[C@H](O)[C@H](O[C@@H]4O[C@H](CO)[C@@H](O[C@@H]5O[C@H](CO)[C@H](O)[C@H](O[C@]6(C(=O)O)C[C@H](O)[C@@H](NC(C)=O)[C@H]([C@H](O)[C@H](O)CO)O6)[C@H]5O)[C@H](O)[C@H]4NC(C)=O)[C@H]3O)[C@H]2O)O[C@H](CO)[C@@H](O[C@@H]2O[C@H](CO)[C@H](O)[C@H](O[C@]3(C(=O)O)C[C@H](O)[C@@H](NC(C)=O)[C@H]([C@H](O)[C@H](O)CO)O3)[C@H]2O)[C@@H]1O. The third kappa shape index (κ3) is 25.2. The quantitative estimate of drug-likeness (QED) is 0.0271. The number of carboxylic acids is 3. The van der Waals surface area contributed by atoms with E-state index in [4.69, 9.17) is 80.5 Å². The van der Waals surface area contributed by atoms with Crippen LogP contribution >= 0.6 is 0 Å². The summed E-state index contributed by atoms with van der Waals surface area (Å²) < 4.78 is 99.7. The van der Waals surface area contributed by atoms with Crippen LogP contribution in [0.2, 0.25) is 0 Å². The van der Waals surface area contributed by atoms with Gasteiger partial charge in [0, 0.05) is 60.8 Å². The van der Waals surface area contributed by atoms with E-state index in [1.54, 1.807) is 0 Å². The number of hydrogen-bond donors (Lipinski definition) is 35. The molecule has 136 heavy (non-hydrogen) atoms. The molecule has 9 fully saturated rings. The van der Waals surface area contributed by atoms with Crippen LogP contribution in [0.15, 0.2) is 0 Å². The van der Waals surface area contributed by atoms with Gasteiger partial charge in [0.2, 0.25) is 35.4 Å². The van der Waals surface area contributed by atoms with Crippen molar-refractivity contribution in [1.29, 1.82) is 0 Å². The van der Waals surface area contributed by atoms with Crippen LogP contribution in [0.1, 0.15) is 60.8 Å². The largest absolute Gasteiger partial charge is 0.477 e. The Morgan fingerprint density at radius 1 is 0.309 bits per heavy atom. The van der Waals surface area contributed by atoms with Gasteiger partial charge in [-0.2, -0.15) is 0 Å². The van der Waals surface area contributed by atoms with Crippen molar-refractivity contribution >= 4 is 53.4 Å². The average molecular weight is 1990 g/mol. The summed E-state index contributed by atoms with van der Waals surface area (Å²) in [5.74, 6) is -22.5. The molecule has 6 amide bonds. The van der Waals surface area contributed by atoms with Crippen molar-refractivity contribution in [2.24, 2.45) is 0 Å². The van der Waals surface area contributed by atoms with Crippen molar-refractivity contribution in [3.63, 3.8) is 0 Å². The highest BCUT2D eigenvalue weighted by Crippen LogP contribution is 2.44. The molecule has 0 spiro atoms. The molecule has 0 bridgehead atoms. The Morgan fingerprint density at radius 2 is 0.588 bits per heavy atom. The van der Waals surface area contributed by atoms with E-state index in [9.17, 15) is 191 Å². The Hall–Kier alpha value is -6.49. The van der Waals surface area contributed by atoms with Gasteiger partial charge >= 0.3 is 17.9 Å². The van der Waals surface area contributed by atoms with E-state index in [1.165, 1.54) is 0 Å². The van der Waals surface area contributed by atoms with Gasteiger partial charge in [0.1, 0.15) is 201 Å². The molecule has 0 aliphatic carbocycles. The number of ether oxygens (including phenoxy) is 17. The van der Waals surface area contributed by atoms with Crippen LogP contribution in [-0.2, 0) is 124 Å². The molecule has 0 radical (unpaired) electrons. The van der Waals surface area contributed by atoms with Crippen LogP contribution in [0.4, 0.5) is 0 Å². The topological polar surface area (TPSA) is 969 Å². The van der Waals surface area contributed by atoms with Crippen molar-refractivity contribution < 1.29 is 272 Å². The van der Waals surface area contributed by atoms with Gasteiger partial charge in [0.05, 0.1) is 95.9 Å². The fraction of sp³-hybridized carbons (Fsp3) is 0.880. The highest BCUT2D eigenvalue weighted by molar-refractivity contribution is 5.79. The maximum Gasteiger partial charge on any atom is 0.364 e. The van der Waals surface area contributed by atoms with Crippen LogP contribution in [0, 0.1) is 0 Å². The minimum absolute atomic E-state index is 0.818. The summed E-state index contributed by atoms with van der Waals surface area (Å²) in [6.45, 7) is -6.13. The summed E-state index contributed by atoms with van der Waals surface area (Å²) in [7, 11) is 0. The number of carbonyl (C=O) groups is 9. The smallest absolute Gasteiger partial charge is 0.364 e. The minimum Gasteiger partial charge on any atom is -0.477 e. The zero-order valence-corrected chi connectivity index (χ0v) is 73.0. The Labute approximate surface area is 767 Å². The van der Waals surface area contributed by atoms with Crippen LogP contribution in [-0.4, -0.2) is 554 Å². The second kappa shape index (κ2) is 48.1. The number of hydrogen-bond acceptors (Lipinski definition) is 52. The number of rotatable bonds is 40. The predicted molar refractivity (Wildman–Crippen MR) is 418 cm³/mol. The van der Waals surface area contributed by atoms with Gasteiger partial charge in [-0.3, -0.25) is 28.8 Å². The third-order valence-corrected chi connectivity index (χ3v) is 24.1. The van der Waals surface area contributed by atoms with Crippen LogP contribution in [0.3, 0.4) is 0 Å². The zero-order chi connectivity index (χ0) is 101. The minimum atomic E-state index is -3.35. The molecular weight excluding hydrogens is 1860 g/mol. The molecule has 9 aliphatic rings. The Balaban J connectivity index is 1.02. The number of aliphatic hydroxyl groups is 26. The summed E-state index contributed by atoms with van der Waals surface area (Å²) in [5.41, 5.74) is 0. The van der Waals surface area contributed by atoms with Gasteiger partial charge in [0.15, 0.2) is 37.7 Å². The standard InChI is InChI=1S/C75H122N6O55/c1-19(89)76-37-25(95)7-73(70(114)115,132-58(37)43(101)28(98)10-82)121-18-36-49(107)61(131-66-41(80-23(5)93)51(109)56(34(16-88)126-66)129-69-54(112)63(47(105)32(14-86)124-69)136-75(72(118)119)9-27(97)39(78-21(3)91)60(134-75)45(103)30(100)12-84)52(110)67(127-36)130-57-42(81-24(6)94)64(113)122-35(48(57)106)17-120-65-40(79-22(4)92)50(108)55(33(15-87)125-65)128-68-53(111)62(46(104)31(13-85)123-68)135-74(71(116)117)8-26(96)38(77-20(2)90)59(133-74)44(102)29(99)11-83/h25-69,82-88,95-113H,7-18H2,1-6H3,(H,76,89)(H,77,90)(H,78,91)(H,79,92)(H,80,93)(H,81,94)(H,114,115)(H,116,117)(H,118,119)/t25-,26-,27-,28+,29+,30+,31+,32+,33+,34+,35+,36+,37+,38+,39+,40+,41+,42+,43+,44+,45+,46-,47-,48-,49-,50+,51+,52+,53+,54+,55+,56+,57+,58+,59+,60+,61-,62-,63-,64?,65+,66-,67-,68-,69-,73+,74-,75-/m0/s1. The summed E-state index contributed by atoms with van der Waals surface area (Å²) >= 11 is 0. The zero-order valence-electron chi connectivity index (χ0n) is 73.0. The molecule has 48 atom stereocenters. The molecule has 0 aromatic rings. The first-order valence-corrected chi connectivity index (χ1v) is 42.5. The van der Waals surface area contributed by atoms with Crippen molar-refractivity contribution in [3.05, 3.63) is 0 Å². The predicted octanol–water partition coefficient (Wildman–Crippen LogP) is -22.1. The number of aliphatic carboxylic acids is 3. The van der Waals surface area contributed by atoms with Crippen LogP contribution < -0.4 is 31.9 Å². The van der Waals surface area contributed by atoms with Gasteiger partial charge in [-0.05, 0) is 0 Å². The second-order valence-electron chi connectivity index (χ2n) is 34.0. The molecular formula is C75H122N6O55. The van der Waals surface area contributed by atoms with E-state index in [0.717, 1.165) is 41.5 Å². The van der Waals surface area contributed by atoms with E-state index in [-0.39, 0.29) is 0 Å². The van der Waals surface area contributed by atoms with Gasteiger partial charge in [-0.25, -0.2) is 14.4 Å². The second-order valence-corrected chi connectivity index (χ2v) is 34.0. The fourth-order valence-corrected chi connectivity index (χ4v) is 17.3. The average Bonchev–Trinajstić information content (AvgIpc) is 0.755. The van der Waals surface area contributed by atoms with Crippen LogP contribution in [0.5, 0.6) is 0 Å². The first-order valence-electron chi connectivity index (χ1n) is 42.5. The molecule has 0 saturated carbocycles. The monoisotopic (exact) mass is 1990 g/mol. The van der Waals surface area contributed by atoms with Gasteiger partial charge < -0.3 is 261 Å². The van der Waals surface area contributed by atoms with Crippen molar-refractivity contribution in [2.45, 2.75) is 354 Å². The maximum absolute atomic E-state index is 13.6. The lowest BCUT2D eigenvalue weighted by molar-refractivity contribution is -0.390.